The van der Waals surface area contributed by atoms with Crippen LogP contribution in [0.4, 0.5) is 0 Å². The average Bonchev–Trinajstić information content (AvgIpc) is 2.86. The van der Waals surface area contributed by atoms with Crippen molar-refractivity contribution in [3.63, 3.8) is 0 Å². The average molecular weight is 235 g/mol. The summed E-state index contributed by atoms with van der Waals surface area (Å²) in [5, 5.41) is 9.07. The van der Waals surface area contributed by atoms with Crippen LogP contribution in [0.15, 0.2) is 6.07 Å². The second-order valence-electron chi connectivity index (χ2n) is 5.18. The molecule has 0 amide bonds. The molecule has 0 saturated heterocycles. The van der Waals surface area contributed by atoms with Crippen molar-refractivity contribution in [3.8, 4) is 0 Å². The Morgan fingerprint density at radius 1 is 1.41 bits per heavy atom. The van der Waals surface area contributed by atoms with Gasteiger partial charge in [-0.25, -0.2) is 4.79 Å². The number of aromatic carboxylic acids is 1. The zero-order valence-electron chi connectivity index (χ0n) is 10.7. The fourth-order valence-electron chi connectivity index (χ4n) is 2.97. The highest BCUT2D eigenvalue weighted by Crippen LogP contribution is 2.28. The number of carboxylic acids is 1. The van der Waals surface area contributed by atoms with Crippen LogP contribution in [0.25, 0.3) is 0 Å². The van der Waals surface area contributed by atoms with E-state index in [1.165, 1.54) is 32.1 Å². The summed E-state index contributed by atoms with van der Waals surface area (Å²) in [6.07, 6.45) is 6.63. The lowest BCUT2D eigenvalue weighted by Crippen LogP contribution is -2.07. The van der Waals surface area contributed by atoms with Gasteiger partial charge in [-0.05, 0) is 32.3 Å². The topological polar surface area (TPSA) is 42.2 Å². The van der Waals surface area contributed by atoms with E-state index >= 15 is 0 Å². The maximum atomic E-state index is 11.0. The van der Waals surface area contributed by atoms with Gasteiger partial charge in [0.05, 0.1) is 5.56 Å². The summed E-state index contributed by atoms with van der Waals surface area (Å²) in [4.78, 5) is 11.0. The Morgan fingerprint density at radius 2 is 2.06 bits per heavy atom. The van der Waals surface area contributed by atoms with Crippen molar-refractivity contribution in [3.05, 3.63) is 23.0 Å². The van der Waals surface area contributed by atoms with Gasteiger partial charge in [0, 0.05) is 17.9 Å². The molecule has 1 fully saturated rings. The van der Waals surface area contributed by atoms with Crippen molar-refractivity contribution < 1.29 is 9.90 Å². The molecule has 3 heteroatoms. The first kappa shape index (κ1) is 12.2. The van der Waals surface area contributed by atoms with Crippen molar-refractivity contribution in [1.29, 1.82) is 0 Å². The van der Waals surface area contributed by atoms with E-state index in [4.69, 9.17) is 5.11 Å². The highest BCUT2D eigenvalue weighted by atomic mass is 16.4. The zero-order valence-corrected chi connectivity index (χ0v) is 10.7. The largest absolute Gasteiger partial charge is 0.478 e. The number of hydrogen-bond acceptors (Lipinski definition) is 1. The Hall–Kier alpha value is -1.25. The van der Waals surface area contributed by atoms with Crippen LogP contribution < -0.4 is 0 Å². The molecular formula is C14H21NO2. The van der Waals surface area contributed by atoms with Crippen LogP contribution >= 0.6 is 0 Å². The van der Waals surface area contributed by atoms with E-state index in [2.05, 4.69) is 4.57 Å². The minimum Gasteiger partial charge on any atom is -0.478 e. The van der Waals surface area contributed by atoms with Crippen molar-refractivity contribution in [2.75, 3.05) is 0 Å². The van der Waals surface area contributed by atoms with Gasteiger partial charge in [0.2, 0.25) is 0 Å². The fourth-order valence-corrected chi connectivity index (χ4v) is 2.97. The molecule has 0 aromatic carbocycles. The number of carbonyl (C=O) groups is 1. The summed E-state index contributed by atoms with van der Waals surface area (Å²) >= 11 is 0. The normalized spacial score (nSPS) is 16.6. The molecule has 0 aliphatic heterocycles. The molecule has 1 aliphatic rings. The van der Waals surface area contributed by atoms with Gasteiger partial charge < -0.3 is 9.67 Å². The Balaban J connectivity index is 2.07. The van der Waals surface area contributed by atoms with Crippen LogP contribution in [-0.4, -0.2) is 15.6 Å². The number of aryl methyl sites for hydroxylation is 1. The first-order valence-corrected chi connectivity index (χ1v) is 6.49. The van der Waals surface area contributed by atoms with Gasteiger partial charge in [-0.2, -0.15) is 0 Å². The molecule has 94 valence electrons. The lowest BCUT2D eigenvalue weighted by atomic mass is 10.0. The van der Waals surface area contributed by atoms with Crippen molar-refractivity contribution in [2.24, 2.45) is 5.92 Å². The van der Waals surface area contributed by atoms with E-state index in [-0.39, 0.29) is 0 Å². The molecule has 1 saturated carbocycles. The third-order valence-corrected chi connectivity index (χ3v) is 4.04. The second kappa shape index (κ2) is 4.94. The van der Waals surface area contributed by atoms with Gasteiger partial charge in [-0.3, -0.25) is 0 Å². The number of aromatic nitrogens is 1. The van der Waals surface area contributed by atoms with E-state index in [1.807, 2.05) is 13.8 Å². The maximum Gasteiger partial charge on any atom is 0.337 e. The lowest BCUT2D eigenvalue weighted by Gasteiger charge is -2.13. The predicted molar refractivity (Wildman–Crippen MR) is 67.4 cm³/mol. The first-order chi connectivity index (χ1) is 8.09. The van der Waals surface area contributed by atoms with Crippen LogP contribution in [-0.2, 0) is 6.54 Å². The number of rotatable bonds is 4. The zero-order chi connectivity index (χ0) is 12.4. The minimum atomic E-state index is -0.815. The van der Waals surface area contributed by atoms with Crippen molar-refractivity contribution in [1.82, 2.24) is 4.57 Å². The molecule has 2 rings (SSSR count). The van der Waals surface area contributed by atoms with E-state index in [9.17, 15) is 4.79 Å². The second-order valence-corrected chi connectivity index (χ2v) is 5.18. The van der Waals surface area contributed by atoms with Crippen LogP contribution in [0.2, 0.25) is 0 Å². The number of carboxylic acid groups (broad SMARTS) is 1. The summed E-state index contributed by atoms with van der Waals surface area (Å²) in [6, 6.07) is 1.78. The van der Waals surface area contributed by atoms with Crippen LogP contribution in [0.3, 0.4) is 0 Å². The van der Waals surface area contributed by atoms with Crippen molar-refractivity contribution >= 4 is 5.97 Å². The van der Waals surface area contributed by atoms with E-state index in [0.29, 0.717) is 5.56 Å². The van der Waals surface area contributed by atoms with E-state index in [0.717, 1.165) is 23.9 Å². The van der Waals surface area contributed by atoms with Gasteiger partial charge in [0.15, 0.2) is 0 Å². The molecule has 1 aromatic rings. The molecule has 1 heterocycles. The van der Waals surface area contributed by atoms with Gasteiger partial charge >= 0.3 is 5.97 Å². The maximum absolute atomic E-state index is 11.0. The summed E-state index contributed by atoms with van der Waals surface area (Å²) in [7, 11) is 0. The monoisotopic (exact) mass is 235 g/mol. The summed E-state index contributed by atoms with van der Waals surface area (Å²) < 4.78 is 2.15. The van der Waals surface area contributed by atoms with Gasteiger partial charge in [0.1, 0.15) is 0 Å². The highest BCUT2D eigenvalue weighted by molar-refractivity contribution is 5.89. The lowest BCUT2D eigenvalue weighted by molar-refractivity contribution is 0.0696. The molecule has 0 atom stereocenters. The smallest absolute Gasteiger partial charge is 0.337 e. The van der Waals surface area contributed by atoms with E-state index in [1.54, 1.807) is 6.07 Å². The highest BCUT2D eigenvalue weighted by Gasteiger charge is 2.18. The molecule has 1 aliphatic carbocycles. The molecular weight excluding hydrogens is 214 g/mol. The number of nitrogens with zero attached hydrogens (tertiary/aromatic N) is 1. The van der Waals surface area contributed by atoms with Crippen LogP contribution in [0.1, 0.15) is 53.8 Å². The number of hydrogen-bond donors (Lipinski definition) is 1. The summed E-state index contributed by atoms with van der Waals surface area (Å²) in [5.41, 5.74) is 2.42. The molecule has 0 radical (unpaired) electrons. The molecule has 1 aromatic heterocycles. The molecule has 1 N–H and O–H groups in total. The van der Waals surface area contributed by atoms with Crippen LogP contribution in [0.5, 0.6) is 0 Å². The Bertz CT molecular complexity index is 414. The summed E-state index contributed by atoms with van der Waals surface area (Å²) in [6.45, 7) is 4.87. The molecule has 0 spiro atoms. The SMILES string of the molecule is Cc1cc(C(=O)O)c(C)n1CCC1CCCC1. The van der Waals surface area contributed by atoms with Gasteiger partial charge in [-0.1, -0.05) is 25.7 Å². The van der Waals surface area contributed by atoms with Crippen LogP contribution in [0, 0.1) is 19.8 Å². The predicted octanol–water partition coefficient (Wildman–Crippen LogP) is 3.38. The van der Waals surface area contributed by atoms with Gasteiger partial charge in [0.25, 0.3) is 0 Å². The molecule has 3 nitrogen and oxygen atoms in total. The quantitative estimate of drug-likeness (QED) is 0.869. The fraction of sp³-hybridized carbons (Fsp3) is 0.643. The Morgan fingerprint density at radius 3 is 2.59 bits per heavy atom. The van der Waals surface area contributed by atoms with Crippen molar-refractivity contribution in [2.45, 2.75) is 52.5 Å². The Labute approximate surface area is 102 Å². The van der Waals surface area contributed by atoms with Gasteiger partial charge in [-0.15, -0.1) is 0 Å². The molecule has 0 unspecified atom stereocenters. The third kappa shape index (κ3) is 2.54. The molecule has 0 bridgehead atoms. The van der Waals surface area contributed by atoms with E-state index < -0.39 is 5.97 Å². The third-order valence-electron chi connectivity index (χ3n) is 4.04. The first-order valence-electron chi connectivity index (χ1n) is 6.49. The minimum absolute atomic E-state index is 0.453. The Kier molecular flexibility index (Phi) is 3.55. The summed E-state index contributed by atoms with van der Waals surface area (Å²) in [5.74, 6) is 0.0368. The molecule has 17 heavy (non-hydrogen) atoms. The standard InChI is InChI=1S/C14H21NO2/c1-10-9-13(14(16)17)11(2)15(10)8-7-12-5-3-4-6-12/h9,12H,3-8H2,1-2H3,(H,16,17).